The van der Waals surface area contributed by atoms with Crippen molar-refractivity contribution in [2.75, 3.05) is 36.5 Å². The maximum absolute atomic E-state index is 13.2. The number of ketones is 1. The molecule has 9 heteroatoms. The molecule has 1 aliphatic rings. The molecule has 0 radical (unpaired) electrons. The van der Waals surface area contributed by atoms with Crippen LogP contribution in [0.25, 0.3) is 5.69 Å². The number of benzene rings is 2. The van der Waals surface area contributed by atoms with E-state index in [1.165, 1.54) is 17.3 Å². The highest BCUT2D eigenvalue weighted by Gasteiger charge is 2.25. The molecule has 2 aromatic carbocycles. The van der Waals surface area contributed by atoms with Crippen molar-refractivity contribution in [3.8, 4) is 5.69 Å². The van der Waals surface area contributed by atoms with Gasteiger partial charge >= 0.3 is 0 Å². The van der Waals surface area contributed by atoms with Crippen molar-refractivity contribution < 1.29 is 14.3 Å². The molecule has 1 N–H and O–H groups in total. The van der Waals surface area contributed by atoms with Crippen LogP contribution < -0.4 is 10.2 Å². The van der Waals surface area contributed by atoms with Gasteiger partial charge in [-0.05, 0) is 50.2 Å². The van der Waals surface area contributed by atoms with E-state index in [4.69, 9.17) is 4.74 Å². The molecule has 1 saturated heterocycles. The molecule has 1 amide bonds. The van der Waals surface area contributed by atoms with Crippen molar-refractivity contribution in [2.24, 2.45) is 5.92 Å². The van der Waals surface area contributed by atoms with E-state index in [2.05, 4.69) is 39.5 Å². The lowest BCUT2D eigenvalue weighted by Gasteiger charge is -2.28. The zero-order chi connectivity index (χ0) is 24.9. The fraction of sp³-hybridized carbons (Fsp3) is 0.385. The summed E-state index contributed by atoms with van der Waals surface area (Å²) in [5.41, 5.74) is 3.38. The molecule has 1 fully saturated rings. The van der Waals surface area contributed by atoms with Gasteiger partial charge in [-0.15, -0.1) is 10.2 Å². The minimum atomic E-state index is -0.378. The van der Waals surface area contributed by atoms with Gasteiger partial charge in [-0.2, -0.15) is 0 Å². The largest absolute Gasteiger partial charge is 0.378 e. The monoisotopic (exact) mass is 493 g/mol. The summed E-state index contributed by atoms with van der Waals surface area (Å²) < 4.78 is 7.52. The van der Waals surface area contributed by atoms with Gasteiger partial charge in [0.2, 0.25) is 11.9 Å². The quantitative estimate of drug-likeness (QED) is 0.368. The van der Waals surface area contributed by atoms with Gasteiger partial charge in [-0.1, -0.05) is 43.3 Å². The van der Waals surface area contributed by atoms with E-state index in [0.717, 1.165) is 24.7 Å². The Labute approximate surface area is 210 Å². The highest BCUT2D eigenvalue weighted by atomic mass is 32.2. The maximum atomic E-state index is 13.2. The second kappa shape index (κ2) is 11.0. The molecular formula is C26H31N5O3S. The maximum Gasteiger partial charge on any atom is 0.232 e. The number of rotatable bonds is 8. The van der Waals surface area contributed by atoms with Crippen LogP contribution in [-0.4, -0.2) is 58.0 Å². The van der Waals surface area contributed by atoms with E-state index in [9.17, 15) is 9.59 Å². The zero-order valence-corrected chi connectivity index (χ0v) is 21.3. The van der Waals surface area contributed by atoms with Crippen molar-refractivity contribution in [3.63, 3.8) is 0 Å². The Bertz CT molecular complexity index is 1170. The van der Waals surface area contributed by atoms with Gasteiger partial charge in [0.05, 0.1) is 24.2 Å². The van der Waals surface area contributed by atoms with Crippen LogP contribution in [0.1, 0.15) is 36.7 Å². The number of hydrogen-bond donors (Lipinski definition) is 1. The van der Waals surface area contributed by atoms with E-state index in [-0.39, 0.29) is 22.9 Å². The molecule has 3 aromatic rings. The van der Waals surface area contributed by atoms with Crippen LogP contribution in [0.2, 0.25) is 0 Å². The molecule has 184 valence electrons. The smallest absolute Gasteiger partial charge is 0.232 e. The topological polar surface area (TPSA) is 89.3 Å². The summed E-state index contributed by atoms with van der Waals surface area (Å²) in [7, 11) is 0. The third-order valence-electron chi connectivity index (χ3n) is 5.82. The number of nitrogens with zero attached hydrogens (tertiary/aromatic N) is 4. The number of ether oxygens (including phenoxy) is 1. The molecule has 2 heterocycles. The predicted molar refractivity (Wildman–Crippen MR) is 139 cm³/mol. The van der Waals surface area contributed by atoms with Gasteiger partial charge in [0.25, 0.3) is 0 Å². The SMILES string of the molecule is Cc1ccc(-n2c(SC(C)C(=O)c3ccc(NC(=O)C(C)C)cc3)nnc2N2CCOCC2)cc1. The molecule has 4 rings (SSSR count). The number of hydrogen-bond acceptors (Lipinski definition) is 7. The molecule has 35 heavy (non-hydrogen) atoms. The third kappa shape index (κ3) is 5.91. The summed E-state index contributed by atoms with van der Waals surface area (Å²) in [5, 5.41) is 12.1. The number of morpholine rings is 1. The number of anilines is 2. The molecule has 0 saturated carbocycles. The van der Waals surface area contributed by atoms with Crippen molar-refractivity contribution in [2.45, 2.75) is 38.1 Å². The molecule has 1 aliphatic heterocycles. The average molecular weight is 494 g/mol. The standard InChI is InChI=1S/C26H31N5O3S/c1-17(2)24(33)27-21-9-7-20(8-10-21)23(32)19(4)35-26-29-28-25(30-13-15-34-16-14-30)31(26)22-11-5-18(3)6-12-22/h5-12,17,19H,13-16H2,1-4H3,(H,27,33). The Morgan fingerprint density at radius 3 is 2.26 bits per heavy atom. The first-order valence-corrected chi connectivity index (χ1v) is 12.7. The summed E-state index contributed by atoms with van der Waals surface area (Å²) in [5.74, 6) is 0.577. The lowest BCUT2D eigenvalue weighted by atomic mass is 10.1. The van der Waals surface area contributed by atoms with E-state index in [1.807, 2.05) is 37.5 Å². The van der Waals surface area contributed by atoms with E-state index < -0.39 is 0 Å². The highest BCUT2D eigenvalue weighted by Crippen LogP contribution is 2.31. The van der Waals surface area contributed by atoms with Crippen molar-refractivity contribution in [3.05, 3.63) is 59.7 Å². The third-order valence-corrected chi connectivity index (χ3v) is 6.86. The minimum absolute atomic E-state index is 0.0110. The number of aryl methyl sites for hydroxylation is 1. The number of aromatic nitrogens is 3. The summed E-state index contributed by atoms with van der Waals surface area (Å²) in [6.07, 6.45) is 0. The lowest BCUT2D eigenvalue weighted by Crippen LogP contribution is -2.37. The summed E-state index contributed by atoms with van der Waals surface area (Å²) in [6, 6.07) is 15.2. The van der Waals surface area contributed by atoms with Gasteiger partial charge in [-0.3, -0.25) is 14.2 Å². The lowest BCUT2D eigenvalue weighted by molar-refractivity contribution is -0.118. The Kier molecular flexibility index (Phi) is 7.87. The highest BCUT2D eigenvalue weighted by molar-refractivity contribution is 8.00. The Morgan fingerprint density at radius 2 is 1.63 bits per heavy atom. The second-order valence-corrected chi connectivity index (χ2v) is 10.2. The number of carbonyl (C=O) groups excluding carboxylic acids is 2. The molecule has 1 aromatic heterocycles. The predicted octanol–water partition coefficient (Wildman–Crippen LogP) is 4.37. The molecule has 1 atom stereocenters. The van der Waals surface area contributed by atoms with E-state index in [0.29, 0.717) is 29.6 Å². The van der Waals surface area contributed by atoms with Gasteiger partial charge in [0.15, 0.2) is 10.9 Å². The first kappa shape index (κ1) is 24.9. The zero-order valence-electron chi connectivity index (χ0n) is 20.5. The van der Waals surface area contributed by atoms with E-state index in [1.54, 1.807) is 24.3 Å². The number of nitrogens with one attached hydrogen (secondary N) is 1. The van der Waals surface area contributed by atoms with Crippen LogP contribution >= 0.6 is 11.8 Å². The number of Topliss-reactive ketones (excluding diaryl/α,β-unsaturated/α-hetero) is 1. The fourth-order valence-corrected chi connectivity index (χ4v) is 4.62. The first-order chi connectivity index (χ1) is 16.8. The molecule has 1 unspecified atom stereocenters. The number of thioether (sulfide) groups is 1. The van der Waals surface area contributed by atoms with Crippen LogP contribution in [0.3, 0.4) is 0 Å². The molecule has 0 bridgehead atoms. The van der Waals surface area contributed by atoms with Gasteiger partial charge < -0.3 is 15.0 Å². The van der Waals surface area contributed by atoms with E-state index >= 15 is 0 Å². The van der Waals surface area contributed by atoms with Crippen molar-refractivity contribution in [1.29, 1.82) is 0 Å². The van der Waals surface area contributed by atoms with Crippen LogP contribution in [0.15, 0.2) is 53.7 Å². The molecule has 0 aliphatic carbocycles. The number of amides is 1. The summed E-state index contributed by atoms with van der Waals surface area (Å²) >= 11 is 1.39. The summed E-state index contributed by atoms with van der Waals surface area (Å²) in [6.45, 7) is 10.4. The number of carbonyl (C=O) groups is 2. The van der Waals surface area contributed by atoms with Gasteiger partial charge in [0, 0.05) is 30.3 Å². The van der Waals surface area contributed by atoms with Crippen LogP contribution in [-0.2, 0) is 9.53 Å². The van der Waals surface area contributed by atoms with Gasteiger partial charge in [0.1, 0.15) is 0 Å². The van der Waals surface area contributed by atoms with Crippen molar-refractivity contribution >= 4 is 35.1 Å². The fourth-order valence-electron chi connectivity index (χ4n) is 3.68. The second-order valence-electron chi connectivity index (χ2n) is 8.90. The van der Waals surface area contributed by atoms with Gasteiger partial charge in [-0.25, -0.2) is 0 Å². The Hall–Kier alpha value is -3.17. The van der Waals surface area contributed by atoms with Crippen LogP contribution in [0.4, 0.5) is 11.6 Å². The normalized spacial score (nSPS) is 14.7. The first-order valence-electron chi connectivity index (χ1n) is 11.8. The van der Waals surface area contributed by atoms with Crippen molar-refractivity contribution in [1.82, 2.24) is 14.8 Å². The average Bonchev–Trinajstić information content (AvgIpc) is 3.28. The Balaban J connectivity index is 1.55. The summed E-state index contributed by atoms with van der Waals surface area (Å²) in [4.78, 5) is 27.3. The van der Waals surface area contributed by atoms with Crippen LogP contribution in [0.5, 0.6) is 0 Å². The van der Waals surface area contributed by atoms with Crippen LogP contribution in [0, 0.1) is 12.8 Å². The molecular weight excluding hydrogens is 462 g/mol. The Morgan fingerprint density at radius 1 is 0.971 bits per heavy atom. The minimum Gasteiger partial charge on any atom is -0.378 e. The molecule has 8 nitrogen and oxygen atoms in total. The molecule has 0 spiro atoms.